The number of carbonyl (C=O) groups excluding carboxylic acids is 1. The smallest absolute Gasteiger partial charge is 0.293 e. The lowest BCUT2D eigenvalue weighted by Gasteiger charge is -2.34. The van der Waals surface area contributed by atoms with E-state index in [4.69, 9.17) is 4.74 Å². The number of rotatable bonds is 4. The van der Waals surface area contributed by atoms with Crippen molar-refractivity contribution in [2.45, 2.75) is 58.7 Å². The van der Waals surface area contributed by atoms with Gasteiger partial charge in [0.1, 0.15) is 43.5 Å². The van der Waals surface area contributed by atoms with Crippen molar-refractivity contribution in [1.29, 1.82) is 5.26 Å². The first kappa shape index (κ1) is 21.1. The summed E-state index contributed by atoms with van der Waals surface area (Å²) in [6.45, 7) is 12.9. The molecule has 0 aliphatic carbocycles. The van der Waals surface area contributed by atoms with E-state index in [1.54, 1.807) is 0 Å². The first-order valence-corrected chi connectivity index (χ1v) is 11.4. The average molecular weight is 414 g/mol. The van der Waals surface area contributed by atoms with E-state index in [1.165, 1.54) is 10.6 Å². The SMILES string of the molecule is CCc1[nH+]c(N2CC[NH+](CC(=O)N3CCCC3)CC2)c(C#N)c2c1COC(C)(C)C2. The molecule has 3 aliphatic heterocycles. The third-order valence-corrected chi connectivity index (χ3v) is 6.86. The third-order valence-electron chi connectivity index (χ3n) is 6.86. The lowest BCUT2D eigenvalue weighted by atomic mass is 9.87. The van der Waals surface area contributed by atoms with Gasteiger partial charge >= 0.3 is 0 Å². The molecule has 7 heteroatoms. The molecule has 2 saturated heterocycles. The lowest BCUT2D eigenvalue weighted by Crippen LogP contribution is -3.16. The standard InChI is InChI=1S/C23H33N5O2/c1-4-20-19-16-30-23(2,3)13-17(19)18(14-24)22(25-20)28-11-9-26(10-12-28)15-21(29)27-7-5-6-8-27/h4-13,15-16H2,1-3H3/p+2. The number of aryl methyl sites for hydroxylation is 1. The maximum atomic E-state index is 12.5. The molecule has 7 nitrogen and oxygen atoms in total. The molecule has 0 aromatic carbocycles. The van der Waals surface area contributed by atoms with Crippen molar-refractivity contribution in [3.8, 4) is 6.07 Å². The van der Waals surface area contributed by atoms with E-state index in [0.717, 1.165) is 87.5 Å². The van der Waals surface area contributed by atoms with Gasteiger partial charge in [-0.1, -0.05) is 6.92 Å². The fourth-order valence-corrected chi connectivity index (χ4v) is 5.05. The first-order valence-electron chi connectivity index (χ1n) is 11.4. The molecule has 0 unspecified atom stereocenters. The number of anilines is 1. The summed E-state index contributed by atoms with van der Waals surface area (Å²) in [7, 11) is 0. The zero-order chi connectivity index (χ0) is 21.3. The molecule has 1 aromatic rings. The van der Waals surface area contributed by atoms with Crippen LogP contribution < -0.4 is 14.8 Å². The number of nitrogens with one attached hydrogen (secondary N) is 2. The van der Waals surface area contributed by atoms with Crippen molar-refractivity contribution in [1.82, 2.24) is 4.90 Å². The van der Waals surface area contributed by atoms with Gasteiger partial charge in [-0.15, -0.1) is 0 Å². The molecule has 2 fully saturated rings. The monoisotopic (exact) mass is 413 g/mol. The molecule has 1 aromatic heterocycles. The van der Waals surface area contributed by atoms with Gasteiger partial charge in [0, 0.05) is 31.5 Å². The fourth-order valence-electron chi connectivity index (χ4n) is 5.05. The van der Waals surface area contributed by atoms with Crippen LogP contribution in [0.25, 0.3) is 0 Å². The van der Waals surface area contributed by atoms with E-state index >= 15 is 0 Å². The number of hydrogen-bond acceptors (Lipinski definition) is 4. The van der Waals surface area contributed by atoms with Crippen LogP contribution in [-0.2, 0) is 29.0 Å². The molecule has 0 bridgehead atoms. The van der Waals surface area contributed by atoms with Crippen LogP contribution in [0.3, 0.4) is 0 Å². The number of aromatic nitrogens is 1. The van der Waals surface area contributed by atoms with Crippen LogP contribution in [-0.4, -0.2) is 62.2 Å². The molecule has 3 aliphatic rings. The van der Waals surface area contributed by atoms with Gasteiger partial charge in [0.15, 0.2) is 6.54 Å². The summed E-state index contributed by atoms with van der Waals surface area (Å²) in [6, 6.07) is 2.49. The highest BCUT2D eigenvalue weighted by Gasteiger charge is 2.37. The number of aromatic amines is 1. The largest absolute Gasteiger partial charge is 0.370 e. The van der Waals surface area contributed by atoms with Gasteiger partial charge in [-0.2, -0.15) is 5.26 Å². The molecular formula is C23H35N5O2+2. The van der Waals surface area contributed by atoms with Crippen LogP contribution in [0, 0.1) is 11.3 Å². The molecule has 4 heterocycles. The highest BCUT2D eigenvalue weighted by atomic mass is 16.5. The highest BCUT2D eigenvalue weighted by molar-refractivity contribution is 5.77. The summed E-state index contributed by atoms with van der Waals surface area (Å²) in [5.41, 5.74) is 4.01. The van der Waals surface area contributed by atoms with E-state index in [2.05, 4.69) is 36.7 Å². The summed E-state index contributed by atoms with van der Waals surface area (Å²) < 4.78 is 6.03. The van der Waals surface area contributed by atoms with Gasteiger partial charge in [-0.3, -0.25) is 4.79 Å². The summed E-state index contributed by atoms with van der Waals surface area (Å²) >= 11 is 0. The van der Waals surface area contributed by atoms with Crippen molar-refractivity contribution < 1.29 is 19.4 Å². The number of fused-ring (bicyclic) bond motifs is 1. The van der Waals surface area contributed by atoms with Crippen LogP contribution in [0.5, 0.6) is 0 Å². The summed E-state index contributed by atoms with van der Waals surface area (Å²) in [5, 5.41) is 10.0. The number of quaternary nitrogens is 1. The van der Waals surface area contributed by atoms with Crippen molar-refractivity contribution >= 4 is 11.7 Å². The Morgan fingerprint density at radius 1 is 1.20 bits per heavy atom. The Hall–Kier alpha value is -2.17. The van der Waals surface area contributed by atoms with Crippen LogP contribution >= 0.6 is 0 Å². The minimum atomic E-state index is -0.249. The summed E-state index contributed by atoms with van der Waals surface area (Å²) in [5.74, 6) is 1.25. The Balaban J connectivity index is 1.51. The second-order valence-corrected chi connectivity index (χ2v) is 9.48. The van der Waals surface area contributed by atoms with Gasteiger partial charge in [-0.25, -0.2) is 9.88 Å². The number of H-pyrrole nitrogens is 1. The van der Waals surface area contributed by atoms with Gasteiger partial charge in [-0.05, 0) is 32.3 Å². The van der Waals surface area contributed by atoms with Gasteiger partial charge in [0.2, 0.25) is 0 Å². The number of amides is 1. The van der Waals surface area contributed by atoms with Crippen molar-refractivity contribution in [3.63, 3.8) is 0 Å². The number of hydrogen-bond donors (Lipinski definition) is 1. The number of carbonyl (C=O) groups is 1. The maximum Gasteiger partial charge on any atom is 0.293 e. The van der Waals surface area contributed by atoms with Crippen LogP contribution in [0.1, 0.15) is 56.0 Å². The number of nitriles is 1. The predicted molar refractivity (Wildman–Crippen MR) is 113 cm³/mol. The van der Waals surface area contributed by atoms with Gasteiger partial charge < -0.3 is 14.5 Å². The molecule has 0 spiro atoms. The Morgan fingerprint density at radius 3 is 2.53 bits per heavy atom. The normalized spacial score (nSPS) is 21.4. The Labute approximate surface area is 179 Å². The Kier molecular flexibility index (Phi) is 5.99. The number of ether oxygens (including phenoxy) is 1. The predicted octanol–water partition coefficient (Wildman–Crippen LogP) is 0.113. The zero-order valence-corrected chi connectivity index (χ0v) is 18.6. The number of likely N-dealkylation sites (tertiary alicyclic amines) is 1. The molecule has 0 saturated carbocycles. The number of pyridine rings is 1. The Morgan fingerprint density at radius 2 is 1.90 bits per heavy atom. The quantitative estimate of drug-likeness (QED) is 0.761. The topological polar surface area (TPSA) is 75.2 Å². The van der Waals surface area contributed by atoms with E-state index in [1.807, 2.05) is 4.90 Å². The molecule has 0 radical (unpaired) electrons. The second kappa shape index (κ2) is 8.52. The molecule has 162 valence electrons. The molecule has 30 heavy (non-hydrogen) atoms. The zero-order valence-electron chi connectivity index (χ0n) is 18.6. The van der Waals surface area contributed by atoms with E-state index in [0.29, 0.717) is 19.1 Å². The van der Waals surface area contributed by atoms with E-state index in [-0.39, 0.29) is 5.60 Å². The van der Waals surface area contributed by atoms with Crippen LogP contribution in [0.15, 0.2) is 0 Å². The van der Waals surface area contributed by atoms with Crippen molar-refractivity contribution in [3.05, 3.63) is 22.4 Å². The molecule has 2 N–H and O–H groups in total. The van der Waals surface area contributed by atoms with Crippen LogP contribution in [0.4, 0.5) is 5.82 Å². The first-order chi connectivity index (χ1) is 14.4. The molecular weight excluding hydrogens is 378 g/mol. The average Bonchev–Trinajstić information content (AvgIpc) is 3.27. The summed E-state index contributed by atoms with van der Waals surface area (Å²) in [6.07, 6.45) is 3.93. The van der Waals surface area contributed by atoms with Gasteiger partial charge in [0.25, 0.3) is 11.7 Å². The third kappa shape index (κ3) is 4.17. The van der Waals surface area contributed by atoms with E-state index < -0.39 is 0 Å². The fraction of sp³-hybridized carbons (Fsp3) is 0.696. The number of piperazine rings is 1. The van der Waals surface area contributed by atoms with E-state index in [9.17, 15) is 10.1 Å². The second-order valence-electron chi connectivity index (χ2n) is 9.48. The van der Waals surface area contributed by atoms with Crippen molar-refractivity contribution in [2.24, 2.45) is 0 Å². The van der Waals surface area contributed by atoms with Gasteiger partial charge in [0.05, 0.1) is 12.2 Å². The van der Waals surface area contributed by atoms with Crippen LogP contribution in [0.2, 0.25) is 0 Å². The number of nitrogens with zero attached hydrogens (tertiary/aromatic N) is 3. The highest BCUT2D eigenvalue weighted by Crippen LogP contribution is 2.33. The lowest BCUT2D eigenvalue weighted by molar-refractivity contribution is -0.892. The van der Waals surface area contributed by atoms with Crippen molar-refractivity contribution in [2.75, 3.05) is 50.7 Å². The minimum absolute atomic E-state index is 0.249. The summed E-state index contributed by atoms with van der Waals surface area (Å²) in [4.78, 5) is 21.8. The minimum Gasteiger partial charge on any atom is -0.370 e. The molecule has 0 atom stereocenters. The maximum absolute atomic E-state index is 12.5. The molecule has 4 rings (SSSR count). The Bertz CT molecular complexity index is 846. The molecule has 1 amide bonds.